The van der Waals surface area contributed by atoms with Crippen LogP contribution in [-0.2, 0) is 25.5 Å². The van der Waals surface area contributed by atoms with Crippen LogP contribution >= 0.6 is 0 Å². The second kappa shape index (κ2) is 15.2. The Morgan fingerprint density at radius 1 is 0.951 bits per heavy atom. The number of hydrogen-bond donors (Lipinski definition) is 3. The van der Waals surface area contributed by atoms with E-state index >= 15 is 0 Å². The predicted octanol–water partition coefficient (Wildman–Crippen LogP) is 5.33. The Kier molecular flexibility index (Phi) is 12.4. The van der Waals surface area contributed by atoms with E-state index in [1.54, 1.807) is 20.8 Å². The van der Waals surface area contributed by atoms with Crippen LogP contribution in [0.15, 0.2) is 42.5 Å². The molecule has 0 saturated heterocycles. The highest BCUT2D eigenvalue weighted by Crippen LogP contribution is 2.28. The van der Waals surface area contributed by atoms with E-state index in [1.165, 1.54) is 4.90 Å². The quantitative estimate of drug-likeness (QED) is 0.282. The van der Waals surface area contributed by atoms with Gasteiger partial charge in [-0.05, 0) is 69.7 Å². The highest BCUT2D eigenvalue weighted by Gasteiger charge is 2.37. The lowest BCUT2D eigenvalue weighted by Crippen LogP contribution is -2.53. The smallest absolute Gasteiger partial charge is 0.408 e. The van der Waals surface area contributed by atoms with Crippen LogP contribution in [0.2, 0.25) is 0 Å². The van der Waals surface area contributed by atoms with Gasteiger partial charge in [-0.25, -0.2) is 4.79 Å². The van der Waals surface area contributed by atoms with Gasteiger partial charge in [-0.1, -0.05) is 69.2 Å². The third kappa shape index (κ3) is 10.2. The maximum Gasteiger partial charge on any atom is 0.408 e. The van der Waals surface area contributed by atoms with Crippen LogP contribution in [-0.4, -0.2) is 46.9 Å². The number of nitrogens with zero attached hydrogens (tertiary/aromatic N) is 1. The molecule has 9 heteroatoms. The molecular formula is C32H46N4O5. The first-order chi connectivity index (χ1) is 19.3. The van der Waals surface area contributed by atoms with Gasteiger partial charge in [0.2, 0.25) is 11.8 Å². The lowest BCUT2D eigenvalue weighted by molar-refractivity contribution is -0.142. The van der Waals surface area contributed by atoms with Crippen LogP contribution in [0.5, 0.6) is 0 Å². The Morgan fingerprint density at radius 3 is 2.07 bits per heavy atom. The molecule has 224 valence electrons. The van der Waals surface area contributed by atoms with Crippen LogP contribution in [0, 0.1) is 13.8 Å². The second-order valence-corrected chi connectivity index (χ2v) is 11.4. The van der Waals surface area contributed by atoms with E-state index in [0.717, 1.165) is 36.0 Å². The lowest BCUT2D eigenvalue weighted by atomic mass is 9.99. The summed E-state index contributed by atoms with van der Waals surface area (Å²) in [6.45, 7) is 13.2. The fourth-order valence-corrected chi connectivity index (χ4v) is 4.56. The van der Waals surface area contributed by atoms with Gasteiger partial charge in [-0.3, -0.25) is 14.4 Å². The molecule has 0 heterocycles. The first kappa shape index (κ1) is 33.3. The van der Waals surface area contributed by atoms with Crippen LogP contribution in [0.4, 0.5) is 10.5 Å². The SMILES string of the molecule is CCCCCN(C(=O)C(CC(N)=O)NC(=O)OC(C)(C)C)C(C(=O)Nc1c(C)cccc1C)c1ccc(CC)cc1. The number of nitrogens with two attached hydrogens (primary N) is 1. The van der Waals surface area contributed by atoms with Crippen molar-refractivity contribution in [3.05, 3.63) is 64.7 Å². The molecule has 0 radical (unpaired) electrons. The zero-order valence-corrected chi connectivity index (χ0v) is 25.5. The molecule has 2 atom stereocenters. The molecule has 0 fully saturated rings. The lowest BCUT2D eigenvalue weighted by Gasteiger charge is -2.34. The molecule has 9 nitrogen and oxygen atoms in total. The number of alkyl carbamates (subject to hydrolysis) is 1. The highest BCUT2D eigenvalue weighted by molar-refractivity contribution is 6.00. The Labute approximate surface area is 244 Å². The highest BCUT2D eigenvalue weighted by atomic mass is 16.6. The number of primary amides is 1. The van der Waals surface area contributed by atoms with Gasteiger partial charge in [-0.2, -0.15) is 0 Å². The Hall–Kier alpha value is -3.88. The number of anilines is 1. The summed E-state index contributed by atoms with van der Waals surface area (Å²) < 4.78 is 5.35. The van der Waals surface area contributed by atoms with E-state index in [9.17, 15) is 19.2 Å². The van der Waals surface area contributed by atoms with E-state index in [2.05, 4.69) is 10.6 Å². The van der Waals surface area contributed by atoms with Crippen molar-refractivity contribution in [2.45, 2.75) is 98.3 Å². The second-order valence-electron chi connectivity index (χ2n) is 11.4. The molecule has 2 rings (SSSR count). The molecule has 41 heavy (non-hydrogen) atoms. The van der Waals surface area contributed by atoms with Gasteiger partial charge in [0, 0.05) is 12.2 Å². The first-order valence-electron chi connectivity index (χ1n) is 14.3. The van der Waals surface area contributed by atoms with E-state index in [1.807, 2.05) is 70.2 Å². The fraction of sp³-hybridized carbons (Fsp3) is 0.500. The Morgan fingerprint density at radius 2 is 1.56 bits per heavy atom. The van der Waals surface area contributed by atoms with Crippen molar-refractivity contribution < 1.29 is 23.9 Å². The average molecular weight is 567 g/mol. The van der Waals surface area contributed by atoms with Gasteiger partial charge < -0.3 is 26.0 Å². The summed E-state index contributed by atoms with van der Waals surface area (Å²) in [7, 11) is 0. The Bertz CT molecular complexity index is 1180. The zero-order valence-electron chi connectivity index (χ0n) is 25.5. The summed E-state index contributed by atoms with van der Waals surface area (Å²) in [6.07, 6.45) is 1.87. The number of hydrogen-bond acceptors (Lipinski definition) is 5. The number of para-hydroxylation sites is 1. The largest absolute Gasteiger partial charge is 0.444 e. The minimum Gasteiger partial charge on any atom is -0.444 e. The minimum absolute atomic E-state index is 0.234. The van der Waals surface area contributed by atoms with Crippen molar-refractivity contribution in [2.24, 2.45) is 5.73 Å². The molecule has 2 aromatic carbocycles. The van der Waals surface area contributed by atoms with Crippen LogP contribution in [0.25, 0.3) is 0 Å². The normalized spacial score (nSPS) is 12.7. The summed E-state index contributed by atoms with van der Waals surface area (Å²) in [5.41, 5.74) is 8.83. The summed E-state index contributed by atoms with van der Waals surface area (Å²) in [5.74, 6) is -1.75. The molecule has 0 saturated carbocycles. The molecule has 0 aliphatic carbocycles. The average Bonchev–Trinajstić information content (AvgIpc) is 2.88. The van der Waals surface area contributed by atoms with Gasteiger partial charge in [0.1, 0.15) is 17.7 Å². The van der Waals surface area contributed by atoms with E-state index in [0.29, 0.717) is 17.7 Å². The standard InChI is InChI=1S/C32H46N4O5/c1-8-10-11-19-36(30(39)25(20-26(33)37)34-31(40)41-32(5,6)7)28(24-17-15-23(9-2)16-18-24)29(38)35-27-21(3)13-12-14-22(27)4/h12-18,25,28H,8-11,19-20H2,1-7H3,(H2,33,37)(H,34,40)(H,35,38). The van der Waals surface area contributed by atoms with Crippen molar-refractivity contribution in [2.75, 3.05) is 11.9 Å². The van der Waals surface area contributed by atoms with Gasteiger partial charge in [0.15, 0.2) is 0 Å². The molecule has 2 unspecified atom stereocenters. The van der Waals surface area contributed by atoms with Gasteiger partial charge in [0.05, 0.1) is 6.42 Å². The molecule has 4 amide bonds. The van der Waals surface area contributed by atoms with Crippen molar-refractivity contribution >= 4 is 29.5 Å². The third-order valence-corrected chi connectivity index (χ3v) is 6.67. The van der Waals surface area contributed by atoms with Crippen molar-refractivity contribution in [1.29, 1.82) is 0 Å². The monoisotopic (exact) mass is 566 g/mol. The molecule has 0 spiro atoms. The number of nitrogens with one attached hydrogen (secondary N) is 2. The summed E-state index contributed by atoms with van der Waals surface area (Å²) >= 11 is 0. The number of rotatable bonds is 13. The minimum atomic E-state index is -1.31. The van der Waals surface area contributed by atoms with Crippen LogP contribution < -0.4 is 16.4 Å². The Balaban J connectivity index is 2.60. The number of amides is 4. The number of aryl methyl sites for hydroxylation is 3. The number of carbonyl (C=O) groups is 4. The molecule has 4 N–H and O–H groups in total. The third-order valence-electron chi connectivity index (χ3n) is 6.67. The van der Waals surface area contributed by atoms with E-state index in [-0.39, 0.29) is 6.54 Å². The molecule has 0 aromatic heterocycles. The van der Waals surface area contributed by atoms with Crippen LogP contribution in [0.1, 0.15) is 88.6 Å². The van der Waals surface area contributed by atoms with E-state index in [4.69, 9.17) is 10.5 Å². The van der Waals surface area contributed by atoms with Gasteiger partial charge in [-0.15, -0.1) is 0 Å². The molecule has 0 aliphatic rings. The van der Waals surface area contributed by atoms with Crippen molar-refractivity contribution in [3.63, 3.8) is 0 Å². The van der Waals surface area contributed by atoms with Gasteiger partial charge >= 0.3 is 6.09 Å². The van der Waals surface area contributed by atoms with Crippen molar-refractivity contribution in [3.8, 4) is 0 Å². The summed E-state index contributed by atoms with van der Waals surface area (Å²) in [6, 6.07) is 11.0. The number of unbranched alkanes of at least 4 members (excludes halogenated alkanes) is 2. The maximum absolute atomic E-state index is 14.2. The zero-order chi connectivity index (χ0) is 30.7. The maximum atomic E-state index is 14.2. The van der Waals surface area contributed by atoms with E-state index < -0.39 is 47.9 Å². The van der Waals surface area contributed by atoms with Gasteiger partial charge in [0.25, 0.3) is 5.91 Å². The molecule has 0 bridgehead atoms. The number of carbonyl (C=O) groups excluding carboxylic acids is 4. The first-order valence-corrected chi connectivity index (χ1v) is 14.3. The van der Waals surface area contributed by atoms with Crippen molar-refractivity contribution in [1.82, 2.24) is 10.2 Å². The topological polar surface area (TPSA) is 131 Å². The predicted molar refractivity (Wildman–Crippen MR) is 161 cm³/mol. The molecule has 0 aliphatic heterocycles. The number of ether oxygens (including phenoxy) is 1. The summed E-state index contributed by atoms with van der Waals surface area (Å²) in [4.78, 5) is 54.4. The fourth-order valence-electron chi connectivity index (χ4n) is 4.56. The molecule has 2 aromatic rings. The van der Waals surface area contributed by atoms with Crippen LogP contribution in [0.3, 0.4) is 0 Å². The summed E-state index contributed by atoms with van der Waals surface area (Å²) in [5, 5.41) is 5.57. The molecular weight excluding hydrogens is 520 g/mol. The number of benzene rings is 2.